The molecule has 1 atom stereocenters. The van der Waals surface area contributed by atoms with Crippen molar-refractivity contribution in [1.29, 1.82) is 0 Å². The van der Waals surface area contributed by atoms with Crippen LogP contribution in [-0.4, -0.2) is 60.3 Å². The zero-order valence-corrected chi connectivity index (χ0v) is 11.7. The van der Waals surface area contributed by atoms with Gasteiger partial charge in [0.15, 0.2) is 0 Å². The first-order valence-corrected chi connectivity index (χ1v) is 6.79. The van der Waals surface area contributed by atoms with E-state index in [4.69, 9.17) is 10.5 Å². The molecular formula is C13H25N3O2. The van der Waals surface area contributed by atoms with Gasteiger partial charge < -0.3 is 20.3 Å². The van der Waals surface area contributed by atoms with E-state index in [0.29, 0.717) is 12.0 Å². The highest BCUT2D eigenvalue weighted by atomic mass is 16.6. The maximum absolute atomic E-state index is 11.7. The quantitative estimate of drug-likeness (QED) is 0.796. The van der Waals surface area contributed by atoms with Gasteiger partial charge in [-0.15, -0.1) is 0 Å². The van der Waals surface area contributed by atoms with Gasteiger partial charge in [0.1, 0.15) is 5.60 Å². The van der Waals surface area contributed by atoms with Gasteiger partial charge in [-0.3, -0.25) is 0 Å². The highest BCUT2D eigenvalue weighted by Gasteiger charge is 2.35. The highest BCUT2D eigenvalue weighted by molar-refractivity contribution is 5.69. The van der Waals surface area contributed by atoms with Crippen molar-refractivity contribution >= 4 is 6.09 Å². The van der Waals surface area contributed by atoms with E-state index in [0.717, 1.165) is 39.1 Å². The number of carbonyl (C=O) groups excluding carboxylic acids is 1. The molecule has 0 aliphatic carbocycles. The lowest BCUT2D eigenvalue weighted by Gasteiger charge is -2.41. The molecule has 2 heterocycles. The Bertz CT molecular complexity index is 308. The fraction of sp³-hybridized carbons (Fsp3) is 0.923. The third kappa shape index (κ3) is 3.59. The summed E-state index contributed by atoms with van der Waals surface area (Å²) >= 11 is 0. The van der Waals surface area contributed by atoms with Crippen LogP contribution in [0.2, 0.25) is 0 Å². The molecule has 0 aromatic carbocycles. The monoisotopic (exact) mass is 255 g/mol. The number of likely N-dealkylation sites (tertiary alicyclic amines) is 2. The summed E-state index contributed by atoms with van der Waals surface area (Å²) in [5.74, 6) is 0.586. The lowest BCUT2D eigenvalue weighted by molar-refractivity contribution is -0.00532. The molecule has 0 radical (unpaired) electrons. The van der Waals surface area contributed by atoms with Crippen LogP contribution in [0.5, 0.6) is 0 Å². The average molecular weight is 255 g/mol. The smallest absolute Gasteiger partial charge is 0.410 e. The lowest BCUT2D eigenvalue weighted by atomic mass is 10.0. The Labute approximate surface area is 109 Å². The van der Waals surface area contributed by atoms with Gasteiger partial charge >= 0.3 is 6.09 Å². The number of nitrogens with two attached hydrogens (primary N) is 1. The van der Waals surface area contributed by atoms with Gasteiger partial charge in [0, 0.05) is 38.1 Å². The number of ether oxygens (including phenoxy) is 1. The summed E-state index contributed by atoms with van der Waals surface area (Å²) in [5, 5.41) is 0. The minimum Gasteiger partial charge on any atom is -0.444 e. The minimum absolute atomic E-state index is 0.183. The van der Waals surface area contributed by atoms with E-state index in [9.17, 15) is 4.79 Å². The number of nitrogens with zero attached hydrogens (tertiary/aromatic N) is 2. The van der Waals surface area contributed by atoms with Crippen LogP contribution in [0.25, 0.3) is 0 Å². The molecule has 18 heavy (non-hydrogen) atoms. The van der Waals surface area contributed by atoms with Crippen molar-refractivity contribution < 1.29 is 9.53 Å². The number of hydrogen-bond acceptors (Lipinski definition) is 4. The molecule has 0 aromatic rings. The first kappa shape index (κ1) is 13.6. The van der Waals surface area contributed by atoms with Crippen LogP contribution in [0, 0.1) is 5.92 Å². The minimum atomic E-state index is -0.399. The number of rotatable bonds is 2. The van der Waals surface area contributed by atoms with Gasteiger partial charge in [0.25, 0.3) is 0 Å². The molecule has 5 heteroatoms. The van der Waals surface area contributed by atoms with E-state index >= 15 is 0 Å². The molecule has 0 unspecified atom stereocenters. The molecular weight excluding hydrogens is 230 g/mol. The molecule has 2 saturated heterocycles. The van der Waals surface area contributed by atoms with Crippen LogP contribution in [0.4, 0.5) is 4.79 Å². The number of carbonyl (C=O) groups is 1. The molecule has 104 valence electrons. The van der Waals surface area contributed by atoms with Crippen LogP contribution in [0.15, 0.2) is 0 Å². The molecule has 0 aromatic heterocycles. The summed E-state index contributed by atoms with van der Waals surface area (Å²) in [4.78, 5) is 15.9. The number of amides is 1. The summed E-state index contributed by atoms with van der Waals surface area (Å²) in [6, 6.07) is 0.340. The summed E-state index contributed by atoms with van der Waals surface area (Å²) in [7, 11) is 0. The fourth-order valence-electron chi connectivity index (χ4n) is 2.55. The Morgan fingerprint density at radius 1 is 1.33 bits per heavy atom. The Hall–Kier alpha value is -0.810. The van der Waals surface area contributed by atoms with E-state index in [-0.39, 0.29) is 6.09 Å². The maximum atomic E-state index is 11.7. The van der Waals surface area contributed by atoms with Crippen molar-refractivity contribution in [2.45, 2.75) is 38.8 Å². The van der Waals surface area contributed by atoms with Crippen LogP contribution < -0.4 is 5.73 Å². The maximum Gasteiger partial charge on any atom is 0.410 e. The molecule has 0 saturated carbocycles. The van der Waals surface area contributed by atoms with Gasteiger partial charge in [0.2, 0.25) is 0 Å². The predicted octanol–water partition coefficient (Wildman–Crippen LogP) is 0.886. The molecule has 1 amide bonds. The zero-order valence-electron chi connectivity index (χ0n) is 11.7. The summed E-state index contributed by atoms with van der Waals surface area (Å²) in [6.07, 6.45) is 0.916. The third-order valence-corrected chi connectivity index (χ3v) is 3.43. The van der Waals surface area contributed by atoms with E-state index in [1.165, 1.54) is 0 Å². The molecule has 5 nitrogen and oxygen atoms in total. The summed E-state index contributed by atoms with van der Waals surface area (Å²) < 4.78 is 5.33. The van der Waals surface area contributed by atoms with Crippen molar-refractivity contribution in [3.8, 4) is 0 Å². The molecule has 0 bridgehead atoms. The van der Waals surface area contributed by atoms with Crippen molar-refractivity contribution in [3.05, 3.63) is 0 Å². The van der Waals surface area contributed by atoms with Crippen molar-refractivity contribution in [3.63, 3.8) is 0 Å². The molecule has 2 fully saturated rings. The zero-order chi connectivity index (χ0) is 13.3. The van der Waals surface area contributed by atoms with E-state index in [2.05, 4.69) is 4.90 Å². The second-order valence-electron chi connectivity index (χ2n) is 6.56. The van der Waals surface area contributed by atoms with Gasteiger partial charge in [-0.2, -0.15) is 0 Å². The predicted molar refractivity (Wildman–Crippen MR) is 70.3 cm³/mol. The van der Waals surface area contributed by atoms with Gasteiger partial charge in [-0.1, -0.05) is 0 Å². The SMILES string of the molecule is CC(C)(C)OC(=O)N1CC(CN2CC[C@H](N)C2)C1. The molecule has 0 spiro atoms. The van der Waals surface area contributed by atoms with E-state index in [1.54, 1.807) is 4.90 Å². The van der Waals surface area contributed by atoms with Crippen LogP contribution in [0.1, 0.15) is 27.2 Å². The number of hydrogen-bond donors (Lipinski definition) is 1. The van der Waals surface area contributed by atoms with Crippen LogP contribution in [0.3, 0.4) is 0 Å². The summed E-state index contributed by atoms with van der Waals surface area (Å²) in [6.45, 7) is 10.5. The highest BCUT2D eigenvalue weighted by Crippen LogP contribution is 2.21. The average Bonchev–Trinajstić information content (AvgIpc) is 2.53. The second kappa shape index (κ2) is 5.05. The molecule has 2 aliphatic heterocycles. The normalized spacial score (nSPS) is 26.2. The van der Waals surface area contributed by atoms with E-state index < -0.39 is 5.60 Å². The van der Waals surface area contributed by atoms with Crippen molar-refractivity contribution in [2.24, 2.45) is 11.7 Å². The second-order valence-corrected chi connectivity index (χ2v) is 6.56. The topological polar surface area (TPSA) is 58.8 Å². The molecule has 2 rings (SSSR count). The largest absolute Gasteiger partial charge is 0.444 e. The Morgan fingerprint density at radius 3 is 2.50 bits per heavy atom. The Kier molecular flexibility index (Phi) is 3.82. The fourth-order valence-corrected chi connectivity index (χ4v) is 2.55. The standard InChI is InChI=1S/C13H25N3O2/c1-13(2,3)18-12(17)16-7-10(8-16)6-15-5-4-11(14)9-15/h10-11H,4-9,14H2,1-3H3/t11-/m0/s1. The lowest BCUT2D eigenvalue weighted by Crippen LogP contribution is -2.54. The first-order valence-electron chi connectivity index (χ1n) is 6.79. The first-order chi connectivity index (χ1) is 8.33. The van der Waals surface area contributed by atoms with Crippen LogP contribution in [-0.2, 0) is 4.74 Å². The van der Waals surface area contributed by atoms with Gasteiger partial charge in [0.05, 0.1) is 0 Å². The van der Waals surface area contributed by atoms with E-state index in [1.807, 2.05) is 20.8 Å². The van der Waals surface area contributed by atoms with Crippen molar-refractivity contribution in [2.75, 3.05) is 32.7 Å². The Balaban J connectivity index is 1.66. The van der Waals surface area contributed by atoms with Gasteiger partial charge in [-0.05, 0) is 33.7 Å². The molecule has 2 aliphatic rings. The summed E-state index contributed by atoms with van der Waals surface area (Å²) in [5.41, 5.74) is 5.48. The third-order valence-electron chi connectivity index (χ3n) is 3.43. The Morgan fingerprint density at radius 2 is 2.00 bits per heavy atom. The molecule has 2 N–H and O–H groups in total. The van der Waals surface area contributed by atoms with Gasteiger partial charge in [-0.25, -0.2) is 4.79 Å². The van der Waals surface area contributed by atoms with Crippen molar-refractivity contribution in [1.82, 2.24) is 9.80 Å². The van der Waals surface area contributed by atoms with Crippen LogP contribution >= 0.6 is 0 Å².